The number of sulfonamides is 1. The highest BCUT2D eigenvalue weighted by molar-refractivity contribution is 7.89. The van der Waals surface area contributed by atoms with Crippen molar-refractivity contribution in [3.05, 3.63) is 47.2 Å². The van der Waals surface area contributed by atoms with Gasteiger partial charge in [0.25, 0.3) is 11.8 Å². The minimum absolute atomic E-state index is 0.0639. The van der Waals surface area contributed by atoms with Gasteiger partial charge in [-0.15, -0.1) is 0 Å². The predicted octanol–water partition coefficient (Wildman–Crippen LogP) is -0.207. The summed E-state index contributed by atoms with van der Waals surface area (Å²) in [6.07, 6.45) is 1.21. The summed E-state index contributed by atoms with van der Waals surface area (Å²) < 4.78 is 23.3. The quantitative estimate of drug-likeness (QED) is 0.338. The molecule has 0 saturated heterocycles. The van der Waals surface area contributed by atoms with E-state index < -0.39 is 33.6 Å². The molecule has 0 aromatic heterocycles. The summed E-state index contributed by atoms with van der Waals surface area (Å²) in [4.78, 5) is 39.0. The standard InChI is InChI=1S/C14H16N2O8S/c1-24-16(8-9-3-5-10(6-4-9)14(20)21)12(18)7-11(17)13(19)15-25(2,22)23/h3-7,17H,8H2,1-2H3,(H,15,19)(H,20,21). The summed E-state index contributed by atoms with van der Waals surface area (Å²) >= 11 is 0. The SMILES string of the molecule is CON(Cc1ccc(C(=O)O)cc1)C(=O)C=C(O)C(=O)NS(C)(=O)=O. The van der Waals surface area contributed by atoms with E-state index in [4.69, 9.17) is 9.94 Å². The van der Waals surface area contributed by atoms with Crippen molar-refractivity contribution in [2.24, 2.45) is 0 Å². The van der Waals surface area contributed by atoms with Gasteiger partial charge >= 0.3 is 5.97 Å². The van der Waals surface area contributed by atoms with Crippen molar-refractivity contribution in [2.75, 3.05) is 13.4 Å². The second-order valence-electron chi connectivity index (χ2n) is 4.79. The zero-order valence-electron chi connectivity index (χ0n) is 13.3. The van der Waals surface area contributed by atoms with Gasteiger partial charge < -0.3 is 10.2 Å². The number of carboxylic acids is 1. The Morgan fingerprint density at radius 2 is 1.76 bits per heavy atom. The first-order valence-corrected chi connectivity index (χ1v) is 8.53. The third-order valence-electron chi connectivity index (χ3n) is 2.76. The molecule has 0 spiro atoms. The Hall–Kier alpha value is -2.92. The van der Waals surface area contributed by atoms with Gasteiger partial charge in [0, 0.05) is 0 Å². The second kappa shape index (κ2) is 8.26. The molecule has 3 N–H and O–H groups in total. The number of carbonyl (C=O) groups excluding carboxylic acids is 2. The van der Waals surface area contributed by atoms with Crippen LogP contribution >= 0.6 is 0 Å². The van der Waals surface area contributed by atoms with E-state index in [1.165, 1.54) is 36.1 Å². The lowest BCUT2D eigenvalue weighted by atomic mass is 10.1. The molecule has 0 bridgehead atoms. The first-order valence-electron chi connectivity index (χ1n) is 6.64. The molecule has 0 aliphatic rings. The van der Waals surface area contributed by atoms with Crippen molar-refractivity contribution < 1.29 is 37.9 Å². The van der Waals surface area contributed by atoms with Gasteiger partial charge in [-0.2, -0.15) is 0 Å². The van der Waals surface area contributed by atoms with E-state index in [0.29, 0.717) is 17.9 Å². The van der Waals surface area contributed by atoms with E-state index in [2.05, 4.69) is 0 Å². The summed E-state index contributed by atoms with van der Waals surface area (Å²) in [6, 6.07) is 5.59. The van der Waals surface area contributed by atoms with Crippen molar-refractivity contribution >= 4 is 27.8 Å². The van der Waals surface area contributed by atoms with Gasteiger partial charge in [0.2, 0.25) is 10.0 Å². The van der Waals surface area contributed by atoms with Crippen molar-refractivity contribution in [2.45, 2.75) is 6.54 Å². The molecule has 0 fully saturated rings. The minimum atomic E-state index is -3.89. The molecular weight excluding hydrogens is 356 g/mol. The van der Waals surface area contributed by atoms with Crippen LogP contribution in [0.5, 0.6) is 0 Å². The van der Waals surface area contributed by atoms with Crippen molar-refractivity contribution in [3.8, 4) is 0 Å². The van der Waals surface area contributed by atoms with Gasteiger partial charge in [-0.25, -0.2) is 23.0 Å². The molecule has 25 heavy (non-hydrogen) atoms. The van der Waals surface area contributed by atoms with Crippen LogP contribution in [0.15, 0.2) is 36.1 Å². The van der Waals surface area contributed by atoms with Crippen LogP contribution in [0.25, 0.3) is 0 Å². The molecule has 10 nitrogen and oxygen atoms in total. The molecule has 0 unspecified atom stereocenters. The Morgan fingerprint density at radius 1 is 1.20 bits per heavy atom. The van der Waals surface area contributed by atoms with Gasteiger partial charge in [-0.3, -0.25) is 14.4 Å². The van der Waals surface area contributed by atoms with Gasteiger partial charge in [0.1, 0.15) is 0 Å². The van der Waals surface area contributed by atoms with E-state index in [9.17, 15) is 27.9 Å². The number of rotatable bonds is 7. The third-order valence-corrected chi connectivity index (χ3v) is 3.32. The smallest absolute Gasteiger partial charge is 0.335 e. The van der Waals surface area contributed by atoms with Crippen LogP contribution in [0.1, 0.15) is 15.9 Å². The molecule has 0 aliphatic carbocycles. The first kappa shape index (κ1) is 20.1. The van der Waals surface area contributed by atoms with Crippen LogP contribution in [-0.2, 0) is 31.0 Å². The molecule has 0 atom stereocenters. The fourth-order valence-corrected chi connectivity index (χ4v) is 2.07. The summed E-state index contributed by atoms with van der Waals surface area (Å²) in [6.45, 7) is -0.104. The second-order valence-corrected chi connectivity index (χ2v) is 6.54. The van der Waals surface area contributed by atoms with Crippen molar-refractivity contribution in [1.82, 2.24) is 9.79 Å². The lowest BCUT2D eigenvalue weighted by molar-refractivity contribution is -0.173. The normalized spacial score (nSPS) is 11.7. The van der Waals surface area contributed by atoms with Crippen LogP contribution in [0, 0.1) is 0 Å². The number of hydroxylamine groups is 2. The molecule has 1 rings (SSSR count). The van der Waals surface area contributed by atoms with Gasteiger partial charge in [0.15, 0.2) is 5.76 Å². The number of aliphatic hydroxyl groups is 1. The molecule has 0 aliphatic heterocycles. The number of aliphatic hydroxyl groups excluding tert-OH is 1. The van der Waals surface area contributed by atoms with Crippen LogP contribution in [0.4, 0.5) is 0 Å². The van der Waals surface area contributed by atoms with Crippen LogP contribution < -0.4 is 4.72 Å². The van der Waals surface area contributed by atoms with E-state index in [1.807, 2.05) is 0 Å². The lowest BCUT2D eigenvalue weighted by Crippen LogP contribution is -2.32. The fourth-order valence-electron chi connectivity index (χ4n) is 1.63. The summed E-state index contributed by atoms with van der Waals surface area (Å²) in [5, 5.41) is 19.1. The Balaban J connectivity index is 2.84. The third kappa shape index (κ3) is 6.61. The highest BCUT2D eigenvalue weighted by Crippen LogP contribution is 2.09. The molecule has 1 aromatic carbocycles. The Labute approximate surface area is 143 Å². The average molecular weight is 372 g/mol. The van der Waals surface area contributed by atoms with Crippen molar-refractivity contribution in [3.63, 3.8) is 0 Å². The maximum atomic E-state index is 12.0. The number of amides is 2. The highest BCUT2D eigenvalue weighted by atomic mass is 32.2. The molecule has 0 heterocycles. The number of hydrogen-bond donors (Lipinski definition) is 3. The molecule has 136 valence electrons. The molecular formula is C14H16N2O8S. The Bertz CT molecular complexity index is 799. The number of nitrogens with zero attached hydrogens (tertiary/aromatic N) is 1. The molecule has 2 amide bonds. The Morgan fingerprint density at radius 3 is 2.20 bits per heavy atom. The number of aromatic carboxylic acids is 1. The van der Waals surface area contributed by atoms with Crippen LogP contribution in [0.3, 0.4) is 0 Å². The first-order chi connectivity index (χ1) is 11.5. The Kier molecular flexibility index (Phi) is 6.65. The lowest BCUT2D eigenvalue weighted by Gasteiger charge is -2.18. The fraction of sp³-hybridized carbons (Fsp3) is 0.214. The predicted molar refractivity (Wildman–Crippen MR) is 84.7 cm³/mol. The highest BCUT2D eigenvalue weighted by Gasteiger charge is 2.18. The maximum absolute atomic E-state index is 12.0. The van der Waals surface area contributed by atoms with Gasteiger partial charge in [-0.05, 0) is 17.7 Å². The monoisotopic (exact) mass is 372 g/mol. The topological polar surface area (TPSA) is 150 Å². The number of hydrogen-bond acceptors (Lipinski definition) is 7. The number of carbonyl (C=O) groups is 3. The molecule has 0 saturated carbocycles. The maximum Gasteiger partial charge on any atom is 0.335 e. The molecule has 11 heteroatoms. The van der Waals surface area contributed by atoms with Crippen LogP contribution in [0.2, 0.25) is 0 Å². The number of benzene rings is 1. The summed E-state index contributed by atoms with van der Waals surface area (Å²) in [7, 11) is -2.72. The minimum Gasteiger partial charge on any atom is -0.503 e. The summed E-state index contributed by atoms with van der Waals surface area (Å²) in [5.74, 6) is -4.50. The number of carboxylic acid groups (broad SMARTS) is 1. The summed E-state index contributed by atoms with van der Waals surface area (Å²) in [5.41, 5.74) is 0.586. The van der Waals surface area contributed by atoms with E-state index in [1.54, 1.807) is 0 Å². The number of nitrogens with one attached hydrogen (secondary N) is 1. The zero-order valence-corrected chi connectivity index (χ0v) is 14.1. The van der Waals surface area contributed by atoms with Gasteiger partial charge in [-0.1, -0.05) is 12.1 Å². The van der Waals surface area contributed by atoms with E-state index >= 15 is 0 Å². The van der Waals surface area contributed by atoms with E-state index in [0.717, 1.165) is 5.06 Å². The largest absolute Gasteiger partial charge is 0.503 e. The average Bonchev–Trinajstić information content (AvgIpc) is 2.51. The van der Waals surface area contributed by atoms with Crippen LogP contribution in [-0.4, -0.2) is 54.8 Å². The van der Waals surface area contributed by atoms with Crippen molar-refractivity contribution in [1.29, 1.82) is 0 Å². The molecule has 0 radical (unpaired) electrons. The van der Waals surface area contributed by atoms with Gasteiger partial charge in [0.05, 0.1) is 31.5 Å². The molecule has 1 aromatic rings. The van der Waals surface area contributed by atoms with E-state index in [-0.39, 0.29) is 12.1 Å². The zero-order chi connectivity index (χ0) is 19.2.